The normalized spacial score (nSPS) is 16.5. The third-order valence-corrected chi connectivity index (χ3v) is 7.37. The van der Waals surface area contributed by atoms with E-state index in [4.69, 9.17) is 0 Å². The van der Waals surface area contributed by atoms with E-state index in [0.29, 0.717) is 0 Å². The third kappa shape index (κ3) is 4.29. The van der Waals surface area contributed by atoms with Crippen molar-refractivity contribution in [2.24, 2.45) is 5.92 Å². The van der Waals surface area contributed by atoms with Gasteiger partial charge in [-0.3, -0.25) is 4.90 Å². The van der Waals surface area contributed by atoms with Crippen LogP contribution in [0.15, 0.2) is 84.9 Å². The Bertz CT molecular complexity index is 1020. The van der Waals surface area contributed by atoms with E-state index in [1.54, 1.807) is 0 Å². The molecule has 1 unspecified atom stereocenters. The standard InChI is InChI=1S/C25H27NO2S/c1-19-10-9-15-22(16-19)25(29(2,27)28)23-17-26(18-23)24(20-11-5-3-6-12-20)21-13-7-4-8-14-21/h3-16,23-25H,17-18H2,1-2H3. The van der Waals surface area contributed by atoms with Gasteiger partial charge in [-0.15, -0.1) is 0 Å². The second-order valence-corrected chi connectivity index (χ2v) is 10.3. The lowest BCUT2D eigenvalue weighted by Gasteiger charge is -2.47. The van der Waals surface area contributed by atoms with Crippen molar-refractivity contribution in [3.63, 3.8) is 0 Å². The van der Waals surface area contributed by atoms with Gasteiger partial charge in [-0.05, 0) is 23.6 Å². The highest BCUT2D eigenvalue weighted by Gasteiger charge is 2.42. The highest BCUT2D eigenvalue weighted by Crippen LogP contribution is 2.41. The average Bonchev–Trinajstić information content (AvgIpc) is 2.67. The molecule has 29 heavy (non-hydrogen) atoms. The van der Waals surface area contributed by atoms with Gasteiger partial charge in [0.1, 0.15) is 0 Å². The molecule has 1 atom stereocenters. The Balaban J connectivity index is 1.62. The summed E-state index contributed by atoms with van der Waals surface area (Å²) in [5, 5.41) is -0.453. The zero-order valence-electron chi connectivity index (χ0n) is 16.9. The summed E-state index contributed by atoms with van der Waals surface area (Å²) in [6, 6.07) is 29.0. The van der Waals surface area contributed by atoms with E-state index >= 15 is 0 Å². The molecule has 1 aliphatic heterocycles. The maximum absolute atomic E-state index is 12.7. The summed E-state index contributed by atoms with van der Waals surface area (Å²) in [6.45, 7) is 3.54. The Morgan fingerprint density at radius 3 is 1.79 bits per heavy atom. The summed E-state index contributed by atoms with van der Waals surface area (Å²) in [4.78, 5) is 2.39. The zero-order valence-corrected chi connectivity index (χ0v) is 17.7. The quantitative estimate of drug-likeness (QED) is 0.591. The van der Waals surface area contributed by atoms with Crippen LogP contribution in [-0.4, -0.2) is 32.7 Å². The first kappa shape index (κ1) is 19.9. The van der Waals surface area contributed by atoms with Crippen LogP contribution in [0.4, 0.5) is 0 Å². The van der Waals surface area contributed by atoms with Crippen molar-refractivity contribution in [1.82, 2.24) is 4.90 Å². The van der Waals surface area contributed by atoms with Crippen molar-refractivity contribution >= 4 is 9.84 Å². The fourth-order valence-electron chi connectivity index (χ4n) is 4.55. The molecule has 0 spiro atoms. The van der Waals surface area contributed by atoms with Crippen LogP contribution < -0.4 is 0 Å². The number of hydrogen-bond acceptors (Lipinski definition) is 3. The summed E-state index contributed by atoms with van der Waals surface area (Å²) >= 11 is 0. The molecule has 1 fully saturated rings. The Morgan fingerprint density at radius 1 is 0.793 bits per heavy atom. The lowest BCUT2D eigenvalue weighted by Crippen LogP contribution is -2.52. The second-order valence-electron chi connectivity index (χ2n) is 8.10. The Morgan fingerprint density at radius 2 is 1.31 bits per heavy atom. The van der Waals surface area contributed by atoms with Crippen LogP contribution in [0.3, 0.4) is 0 Å². The van der Waals surface area contributed by atoms with Crippen LogP contribution in [0.5, 0.6) is 0 Å². The molecule has 1 aliphatic rings. The number of hydrogen-bond donors (Lipinski definition) is 0. The first-order valence-electron chi connectivity index (χ1n) is 10.0. The van der Waals surface area contributed by atoms with Crippen LogP contribution in [0, 0.1) is 12.8 Å². The Kier molecular flexibility index (Phi) is 5.57. The molecule has 0 aromatic heterocycles. The van der Waals surface area contributed by atoms with Gasteiger partial charge in [0.2, 0.25) is 0 Å². The smallest absolute Gasteiger partial charge is 0.154 e. The fourth-order valence-corrected chi connectivity index (χ4v) is 6.06. The Labute approximate surface area is 173 Å². The number of sulfone groups is 1. The fraction of sp³-hybridized carbons (Fsp3) is 0.280. The molecule has 3 aromatic carbocycles. The van der Waals surface area contributed by atoms with Gasteiger partial charge in [-0.2, -0.15) is 0 Å². The number of rotatable bonds is 6. The number of nitrogens with zero attached hydrogens (tertiary/aromatic N) is 1. The largest absolute Gasteiger partial charge is 0.292 e. The van der Waals surface area contributed by atoms with E-state index in [2.05, 4.69) is 53.4 Å². The van der Waals surface area contributed by atoms with E-state index in [-0.39, 0.29) is 12.0 Å². The van der Waals surface area contributed by atoms with Crippen molar-refractivity contribution < 1.29 is 8.42 Å². The van der Waals surface area contributed by atoms with E-state index in [1.807, 2.05) is 43.3 Å². The molecule has 0 saturated carbocycles. The lowest BCUT2D eigenvalue weighted by molar-refractivity contribution is 0.0655. The zero-order chi connectivity index (χ0) is 20.4. The summed E-state index contributed by atoms with van der Waals surface area (Å²) in [5.74, 6) is 0.0988. The average molecular weight is 406 g/mol. The number of benzene rings is 3. The van der Waals surface area contributed by atoms with Crippen molar-refractivity contribution in [2.75, 3.05) is 19.3 Å². The van der Waals surface area contributed by atoms with Gasteiger partial charge in [-0.25, -0.2) is 8.42 Å². The lowest BCUT2D eigenvalue weighted by atomic mass is 9.86. The minimum Gasteiger partial charge on any atom is -0.292 e. The van der Waals surface area contributed by atoms with E-state index in [9.17, 15) is 8.42 Å². The van der Waals surface area contributed by atoms with Gasteiger partial charge in [0.05, 0.1) is 11.3 Å². The molecule has 3 aromatic rings. The van der Waals surface area contributed by atoms with Crippen LogP contribution in [0.25, 0.3) is 0 Å². The van der Waals surface area contributed by atoms with E-state index in [0.717, 1.165) is 24.2 Å². The molecule has 0 radical (unpaired) electrons. The van der Waals surface area contributed by atoms with Gasteiger partial charge in [-0.1, -0.05) is 90.5 Å². The molecule has 4 rings (SSSR count). The van der Waals surface area contributed by atoms with Crippen LogP contribution in [0.1, 0.15) is 33.5 Å². The molecule has 0 aliphatic carbocycles. The maximum atomic E-state index is 12.7. The summed E-state index contributed by atoms with van der Waals surface area (Å²) in [7, 11) is -3.20. The first-order valence-corrected chi connectivity index (χ1v) is 12.0. The van der Waals surface area contributed by atoms with Gasteiger partial charge in [0.15, 0.2) is 9.84 Å². The molecule has 0 amide bonds. The monoisotopic (exact) mass is 405 g/mol. The second kappa shape index (κ2) is 8.13. The van der Waals surface area contributed by atoms with Crippen molar-refractivity contribution in [3.8, 4) is 0 Å². The minimum absolute atomic E-state index is 0.0988. The highest BCUT2D eigenvalue weighted by molar-refractivity contribution is 7.90. The Hall–Kier alpha value is -2.43. The predicted octanol–water partition coefficient (Wildman–Crippen LogP) is 4.80. The van der Waals surface area contributed by atoms with E-state index < -0.39 is 15.1 Å². The maximum Gasteiger partial charge on any atom is 0.154 e. The topological polar surface area (TPSA) is 37.4 Å². The summed E-state index contributed by atoms with van der Waals surface area (Å²) in [5.41, 5.74) is 4.49. The van der Waals surface area contributed by atoms with Crippen LogP contribution in [0.2, 0.25) is 0 Å². The molecule has 4 heteroatoms. The molecule has 1 heterocycles. The van der Waals surface area contributed by atoms with Crippen molar-refractivity contribution in [2.45, 2.75) is 18.2 Å². The molecule has 0 bridgehead atoms. The minimum atomic E-state index is -3.20. The van der Waals surface area contributed by atoms with Gasteiger partial charge >= 0.3 is 0 Å². The molecule has 3 nitrogen and oxygen atoms in total. The molecule has 1 saturated heterocycles. The molecular weight excluding hydrogens is 378 g/mol. The van der Waals surface area contributed by atoms with Crippen molar-refractivity contribution in [3.05, 3.63) is 107 Å². The predicted molar refractivity (Wildman–Crippen MR) is 119 cm³/mol. The molecule has 150 valence electrons. The first-order chi connectivity index (χ1) is 13.9. The van der Waals surface area contributed by atoms with E-state index in [1.165, 1.54) is 17.4 Å². The van der Waals surface area contributed by atoms with Crippen LogP contribution >= 0.6 is 0 Å². The van der Waals surface area contributed by atoms with Gasteiger partial charge in [0.25, 0.3) is 0 Å². The molecular formula is C25H27NO2S. The summed E-state index contributed by atoms with van der Waals surface area (Å²) in [6.07, 6.45) is 1.37. The van der Waals surface area contributed by atoms with Crippen LogP contribution in [-0.2, 0) is 9.84 Å². The number of likely N-dealkylation sites (tertiary alicyclic amines) is 1. The van der Waals surface area contributed by atoms with Gasteiger partial charge < -0.3 is 0 Å². The van der Waals surface area contributed by atoms with Crippen molar-refractivity contribution in [1.29, 1.82) is 0 Å². The molecule has 0 N–H and O–H groups in total. The SMILES string of the molecule is Cc1cccc(C(C2CN(C(c3ccccc3)c3ccccc3)C2)S(C)(=O)=O)c1. The highest BCUT2D eigenvalue weighted by atomic mass is 32.2. The third-order valence-electron chi connectivity index (χ3n) is 5.79. The number of aryl methyl sites for hydroxylation is 1. The van der Waals surface area contributed by atoms with Gasteiger partial charge in [0, 0.05) is 25.3 Å². The summed E-state index contributed by atoms with van der Waals surface area (Å²) < 4.78 is 25.4.